The average molecular weight is 272 g/mol. The maximum atomic E-state index is 4.04. The van der Waals surface area contributed by atoms with E-state index in [-0.39, 0.29) is 0 Å². The molecule has 0 aliphatic rings. The molecule has 1 aromatic heterocycles. The summed E-state index contributed by atoms with van der Waals surface area (Å²) in [7, 11) is 2.15. The minimum Gasteiger partial charge on any atom is -0.375 e. The molecule has 0 amide bonds. The van der Waals surface area contributed by atoms with Crippen molar-refractivity contribution < 1.29 is 0 Å². The van der Waals surface area contributed by atoms with E-state index in [1.807, 2.05) is 18.7 Å². The lowest BCUT2D eigenvalue weighted by Gasteiger charge is -2.19. The Bertz CT molecular complexity index is 453. The number of nitrogens with zero attached hydrogens (tertiary/aromatic N) is 3. The molecule has 0 atom stereocenters. The summed E-state index contributed by atoms with van der Waals surface area (Å²) in [5.74, 6) is 0. The zero-order valence-corrected chi connectivity index (χ0v) is 12.2. The van der Waals surface area contributed by atoms with Crippen molar-refractivity contribution >= 4 is 5.69 Å². The van der Waals surface area contributed by atoms with Crippen molar-refractivity contribution in [3.63, 3.8) is 0 Å². The molecule has 0 saturated carbocycles. The molecule has 0 aliphatic heterocycles. The van der Waals surface area contributed by atoms with Gasteiger partial charge in [-0.25, -0.2) is 4.98 Å². The van der Waals surface area contributed by atoms with Gasteiger partial charge in [0.05, 0.1) is 6.33 Å². The van der Waals surface area contributed by atoms with Gasteiger partial charge in [0.15, 0.2) is 0 Å². The second kappa shape index (κ2) is 8.38. The second-order valence-electron chi connectivity index (χ2n) is 5.01. The van der Waals surface area contributed by atoms with Crippen LogP contribution in [-0.4, -0.2) is 36.2 Å². The van der Waals surface area contributed by atoms with Crippen molar-refractivity contribution in [2.24, 2.45) is 0 Å². The zero-order valence-electron chi connectivity index (χ0n) is 12.2. The van der Waals surface area contributed by atoms with Gasteiger partial charge in [-0.15, -0.1) is 0 Å². The third-order valence-corrected chi connectivity index (χ3v) is 3.37. The van der Waals surface area contributed by atoms with Gasteiger partial charge in [0.1, 0.15) is 0 Å². The molecule has 20 heavy (non-hydrogen) atoms. The fourth-order valence-corrected chi connectivity index (χ4v) is 2.18. The summed E-state index contributed by atoms with van der Waals surface area (Å²) in [4.78, 5) is 6.33. The Balaban J connectivity index is 1.49. The highest BCUT2D eigenvalue weighted by atomic mass is 15.1. The van der Waals surface area contributed by atoms with Crippen LogP contribution in [0.5, 0.6) is 0 Å². The van der Waals surface area contributed by atoms with E-state index in [0.717, 1.165) is 39.0 Å². The summed E-state index contributed by atoms with van der Waals surface area (Å²) in [5, 5.41) is 3.49. The fraction of sp³-hybridized carbons (Fsp3) is 0.438. The number of nitrogens with one attached hydrogen (secondary N) is 1. The van der Waals surface area contributed by atoms with Crippen LogP contribution >= 0.6 is 0 Å². The molecule has 0 spiro atoms. The van der Waals surface area contributed by atoms with Crippen LogP contribution in [0.25, 0.3) is 0 Å². The number of rotatable bonds is 9. The summed E-state index contributed by atoms with van der Waals surface area (Å²) >= 11 is 0. The van der Waals surface area contributed by atoms with Crippen LogP contribution in [0, 0.1) is 0 Å². The smallest absolute Gasteiger partial charge is 0.0945 e. The van der Waals surface area contributed by atoms with Gasteiger partial charge in [0.25, 0.3) is 0 Å². The molecule has 0 bridgehead atoms. The van der Waals surface area contributed by atoms with Gasteiger partial charge in [-0.05, 0) is 38.1 Å². The van der Waals surface area contributed by atoms with Crippen molar-refractivity contribution in [2.75, 3.05) is 31.6 Å². The van der Waals surface area contributed by atoms with E-state index >= 15 is 0 Å². The SMILES string of the molecule is CN(CCCNCCCn1ccnc1)c1ccccc1. The molecule has 0 aliphatic carbocycles. The zero-order chi connectivity index (χ0) is 14.0. The standard InChI is InChI=1S/C16H24N4/c1-19(16-7-3-2-4-8-16)12-5-9-17-10-6-13-20-14-11-18-15-20/h2-4,7-8,11,14-15,17H,5-6,9-10,12-13H2,1H3. The third-order valence-electron chi connectivity index (χ3n) is 3.37. The number of benzene rings is 1. The van der Waals surface area contributed by atoms with E-state index in [4.69, 9.17) is 0 Å². The van der Waals surface area contributed by atoms with Gasteiger partial charge in [0, 0.05) is 38.2 Å². The van der Waals surface area contributed by atoms with Crippen LogP contribution in [0.3, 0.4) is 0 Å². The molecule has 0 saturated heterocycles. The van der Waals surface area contributed by atoms with Crippen LogP contribution in [-0.2, 0) is 6.54 Å². The number of hydrogen-bond acceptors (Lipinski definition) is 3. The first-order chi connectivity index (χ1) is 9.86. The van der Waals surface area contributed by atoms with Crippen LogP contribution in [0.4, 0.5) is 5.69 Å². The third kappa shape index (κ3) is 5.05. The minimum atomic E-state index is 1.04. The molecule has 1 aromatic carbocycles. The lowest BCUT2D eigenvalue weighted by molar-refractivity contribution is 0.570. The van der Waals surface area contributed by atoms with Crippen molar-refractivity contribution in [2.45, 2.75) is 19.4 Å². The molecule has 1 N–H and O–H groups in total. The molecular weight excluding hydrogens is 248 g/mol. The first-order valence-corrected chi connectivity index (χ1v) is 7.29. The van der Waals surface area contributed by atoms with E-state index < -0.39 is 0 Å². The van der Waals surface area contributed by atoms with Crippen LogP contribution in [0.1, 0.15) is 12.8 Å². The van der Waals surface area contributed by atoms with Gasteiger partial charge in [-0.2, -0.15) is 0 Å². The van der Waals surface area contributed by atoms with E-state index in [2.05, 4.69) is 57.1 Å². The monoisotopic (exact) mass is 272 g/mol. The highest BCUT2D eigenvalue weighted by molar-refractivity contribution is 5.44. The lowest BCUT2D eigenvalue weighted by atomic mass is 10.3. The average Bonchev–Trinajstić information content (AvgIpc) is 3.00. The van der Waals surface area contributed by atoms with Crippen LogP contribution < -0.4 is 10.2 Å². The highest BCUT2D eigenvalue weighted by Gasteiger charge is 1.98. The second-order valence-corrected chi connectivity index (χ2v) is 5.01. The Morgan fingerprint density at radius 3 is 2.70 bits per heavy atom. The highest BCUT2D eigenvalue weighted by Crippen LogP contribution is 2.10. The number of imidazole rings is 1. The predicted octanol–water partition coefficient (Wildman–Crippen LogP) is 2.39. The molecule has 4 nitrogen and oxygen atoms in total. The largest absolute Gasteiger partial charge is 0.375 e. The van der Waals surface area contributed by atoms with Crippen molar-refractivity contribution in [1.82, 2.24) is 14.9 Å². The molecule has 0 unspecified atom stereocenters. The Morgan fingerprint density at radius 1 is 1.15 bits per heavy atom. The molecule has 0 fully saturated rings. The summed E-state index contributed by atoms with van der Waals surface area (Å²) in [6.07, 6.45) is 8.01. The van der Waals surface area contributed by atoms with Gasteiger partial charge in [0.2, 0.25) is 0 Å². The number of aromatic nitrogens is 2. The van der Waals surface area contributed by atoms with E-state index in [0.29, 0.717) is 0 Å². The van der Waals surface area contributed by atoms with Gasteiger partial charge in [-0.1, -0.05) is 18.2 Å². The summed E-state index contributed by atoms with van der Waals surface area (Å²) in [6.45, 7) is 4.25. The molecule has 2 aromatic rings. The molecule has 2 rings (SSSR count). The van der Waals surface area contributed by atoms with Gasteiger partial charge in [-0.3, -0.25) is 0 Å². The Hall–Kier alpha value is -1.81. The van der Waals surface area contributed by atoms with E-state index in [1.165, 1.54) is 5.69 Å². The summed E-state index contributed by atoms with van der Waals surface area (Å²) < 4.78 is 2.12. The molecular formula is C16H24N4. The van der Waals surface area contributed by atoms with Crippen LogP contribution in [0.2, 0.25) is 0 Å². The van der Waals surface area contributed by atoms with Crippen molar-refractivity contribution in [3.8, 4) is 0 Å². The lowest BCUT2D eigenvalue weighted by Crippen LogP contribution is -2.24. The molecule has 108 valence electrons. The van der Waals surface area contributed by atoms with E-state index in [9.17, 15) is 0 Å². The topological polar surface area (TPSA) is 33.1 Å². The van der Waals surface area contributed by atoms with Gasteiger partial charge < -0.3 is 14.8 Å². The van der Waals surface area contributed by atoms with Crippen molar-refractivity contribution in [1.29, 1.82) is 0 Å². The Kier molecular flexibility index (Phi) is 6.11. The number of hydrogen-bond donors (Lipinski definition) is 1. The maximum Gasteiger partial charge on any atom is 0.0945 e. The Morgan fingerprint density at radius 2 is 1.95 bits per heavy atom. The summed E-state index contributed by atoms with van der Waals surface area (Å²) in [6, 6.07) is 10.5. The first kappa shape index (κ1) is 14.6. The predicted molar refractivity (Wildman–Crippen MR) is 84.0 cm³/mol. The van der Waals surface area contributed by atoms with Gasteiger partial charge >= 0.3 is 0 Å². The minimum absolute atomic E-state index is 1.04. The summed E-state index contributed by atoms with van der Waals surface area (Å²) in [5.41, 5.74) is 1.28. The molecule has 1 heterocycles. The quantitative estimate of drug-likeness (QED) is 0.712. The van der Waals surface area contributed by atoms with Crippen molar-refractivity contribution in [3.05, 3.63) is 49.1 Å². The Labute approximate surface area is 121 Å². The molecule has 0 radical (unpaired) electrons. The van der Waals surface area contributed by atoms with E-state index in [1.54, 1.807) is 0 Å². The first-order valence-electron chi connectivity index (χ1n) is 7.29. The van der Waals surface area contributed by atoms with Crippen LogP contribution in [0.15, 0.2) is 49.1 Å². The maximum absolute atomic E-state index is 4.04. The number of anilines is 1. The fourth-order valence-electron chi connectivity index (χ4n) is 2.18. The molecule has 4 heteroatoms. The number of para-hydroxylation sites is 1. The number of aryl methyl sites for hydroxylation is 1. The normalized spacial score (nSPS) is 10.7.